The first kappa shape index (κ1) is 15.1. The Morgan fingerprint density at radius 2 is 2.27 bits per heavy atom. The van der Waals surface area contributed by atoms with Gasteiger partial charge in [0, 0.05) is 13.1 Å². The molecule has 118 valence electrons. The highest BCUT2D eigenvalue weighted by Crippen LogP contribution is 2.19. The highest BCUT2D eigenvalue weighted by molar-refractivity contribution is 5.54. The summed E-state index contributed by atoms with van der Waals surface area (Å²) < 4.78 is 18.8. The van der Waals surface area contributed by atoms with Crippen molar-refractivity contribution in [1.29, 1.82) is 0 Å². The zero-order valence-corrected chi connectivity index (χ0v) is 12.2. The van der Waals surface area contributed by atoms with Gasteiger partial charge >= 0.3 is 0 Å². The van der Waals surface area contributed by atoms with Gasteiger partial charge in [0.2, 0.25) is 11.7 Å². The molecule has 7 heteroatoms. The van der Waals surface area contributed by atoms with Crippen molar-refractivity contribution in [3.63, 3.8) is 0 Å². The zero-order chi connectivity index (χ0) is 15.4. The Hall–Kier alpha value is -1.83. The molecule has 1 aromatic heterocycles. The van der Waals surface area contributed by atoms with E-state index in [1.165, 1.54) is 6.07 Å². The molecule has 1 aliphatic rings. The molecule has 1 atom stereocenters. The van der Waals surface area contributed by atoms with Gasteiger partial charge in [-0.25, -0.2) is 4.39 Å². The first-order valence-corrected chi connectivity index (χ1v) is 7.38. The summed E-state index contributed by atoms with van der Waals surface area (Å²) in [5.41, 5.74) is -0.431. The van der Waals surface area contributed by atoms with Crippen LogP contribution in [-0.2, 0) is 6.54 Å². The first-order chi connectivity index (χ1) is 10.7. The highest BCUT2D eigenvalue weighted by Gasteiger charge is 2.28. The van der Waals surface area contributed by atoms with Crippen LogP contribution in [-0.4, -0.2) is 40.5 Å². The number of rotatable bonds is 5. The average Bonchev–Trinajstić information content (AvgIpc) is 2.97. The second kappa shape index (κ2) is 6.51. The minimum Gasteiger partial charge on any atom is -0.387 e. The Kier molecular flexibility index (Phi) is 4.47. The summed E-state index contributed by atoms with van der Waals surface area (Å²) in [5, 5.41) is 20.4. The molecule has 1 saturated heterocycles. The van der Waals surface area contributed by atoms with Gasteiger partial charge < -0.3 is 20.3 Å². The van der Waals surface area contributed by atoms with Crippen LogP contribution in [0.2, 0.25) is 0 Å². The summed E-state index contributed by atoms with van der Waals surface area (Å²) in [5.74, 6) is 0.212. The van der Waals surface area contributed by atoms with Crippen LogP contribution in [0.4, 0.5) is 4.39 Å². The molecule has 1 aromatic carbocycles. The molecule has 0 bridgehead atoms. The molecule has 6 nitrogen and oxygen atoms in total. The number of piperidine rings is 1. The van der Waals surface area contributed by atoms with Gasteiger partial charge in [0.25, 0.3) is 0 Å². The SMILES string of the molecule is O[C@@]1(CNCc2nc(-c3ccccc3F)no2)CCCNC1. The van der Waals surface area contributed by atoms with E-state index in [-0.39, 0.29) is 11.6 Å². The quantitative estimate of drug-likeness (QED) is 0.767. The van der Waals surface area contributed by atoms with Gasteiger partial charge in [-0.3, -0.25) is 0 Å². The van der Waals surface area contributed by atoms with E-state index in [0.717, 1.165) is 19.4 Å². The fourth-order valence-corrected chi connectivity index (χ4v) is 2.58. The van der Waals surface area contributed by atoms with Crippen LogP contribution in [0.1, 0.15) is 18.7 Å². The predicted octanol–water partition coefficient (Wildman–Crippen LogP) is 1.08. The van der Waals surface area contributed by atoms with E-state index < -0.39 is 5.60 Å². The average molecular weight is 306 g/mol. The lowest BCUT2D eigenvalue weighted by Crippen LogP contribution is -2.51. The van der Waals surface area contributed by atoms with Crippen LogP contribution >= 0.6 is 0 Å². The van der Waals surface area contributed by atoms with Gasteiger partial charge in [-0.05, 0) is 31.5 Å². The number of hydrogen-bond acceptors (Lipinski definition) is 6. The first-order valence-electron chi connectivity index (χ1n) is 7.38. The molecule has 1 fully saturated rings. The summed E-state index contributed by atoms with van der Waals surface area (Å²) in [6.07, 6.45) is 1.72. The largest absolute Gasteiger partial charge is 0.387 e. The second-order valence-electron chi connectivity index (χ2n) is 5.60. The van der Waals surface area contributed by atoms with Crippen LogP contribution in [0.25, 0.3) is 11.4 Å². The Bertz CT molecular complexity index is 626. The van der Waals surface area contributed by atoms with Crippen molar-refractivity contribution in [2.24, 2.45) is 0 Å². The molecule has 0 radical (unpaired) electrons. The monoisotopic (exact) mass is 306 g/mol. The standard InChI is InChI=1S/C15H19FN4O2/c16-12-5-2-1-4-11(12)14-19-13(22-20-14)8-18-10-15(21)6-3-7-17-9-15/h1-2,4-5,17-18,21H,3,6-10H2/t15-/m0/s1. The number of aromatic nitrogens is 2. The van der Waals surface area contributed by atoms with E-state index in [2.05, 4.69) is 20.8 Å². The fraction of sp³-hybridized carbons (Fsp3) is 0.467. The maximum absolute atomic E-state index is 13.7. The highest BCUT2D eigenvalue weighted by atomic mass is 19.1. The van der Waals surface area contributed by atoms with Gasteiger partial charge in [-0.2, -0.15) is 4.98 Å². The van der Waals surface area contributed by atoms with E-state index in [1.54, 1.807) is 18.2 Å². The third kappa shape index (κ3) is 3.49. The lowest BCUT2D eigenvalue weighted by atomic mass is 9.94. The molecule has 22 heavy (non-hydrogen) atoms. The van der Waals surface area contributed by atoms with Crippen LogP contribution in [0.3, 0.4) is 0 Å². The Balaban J connectivity index is 1.57. The summed E-state index contributed by atoms with van der Waals surface area (Å²) in [7, 11) is 0. The van der Waals surface area contributed by atoms with Crippen LogP contribution in [0, 0.1) is 5.82 Å². The van der Waals surface area contributed by atoms with Crippen LogP contribution in [0.5, 0.6) is 0 Å². The number of benzene rings is 1. The van der Waals surface area contributed by atoms with Gasteiger partial charge in [0.1, 0.15) is 5.82 Å². The minimum atomic E-state index is -0.743. The van der Waals surface area contributed by atoms with Crippen molar-refractivity contribution in [2.45, 2.75) is 25.0 Å². The van der Waals surface area contributed by atoms with Crippen LogP contribution in [0.15, 0.2) is 28.8 Å². The Morgan fingerprint density at radius 1 is 1.41 bits per heavy atom. The number of nitrogens with zero attached hydrogens (tertiary/aromatic N) is 2. The molecule has 0 amide bonds. The Morgan fingerprint density at radius 3 is 3.05 bits per heavy atom. The third-order valence-corrected chi connectivity index (χ3v) is 3.76. The van der Waals surface area contributed by atoms with E-state index >= 15 is 0 Å². The fourth-order valence-electron chi connectivity index (χ4n) is 2.58. The number of aliphatic hydroxyl groups is 1. The number of β-amino-alcohol motifs (C(OH)–C–C–N with tert-alkyl or cyclic N) is 1. The summed E-state index contributed by atoms with van der Waals surface area (Å²) in [6, 6.07) is 6.29. The molecule has 3 N–H and O–H groups in total. The van der Waals surface area contributed by atoms with Crippen molar-refractivity contribution in [2.75, 3.05) is 19.6 Å². The zero-order valence-electron chi connectivity index (χ0n) is 12.2. The molecule has 0 spiro atoms. The van der Waals surface area contributed by atoms with E-state index in [9.17, 15) is 9.50 Å². The second-order valence-corrected chi connectivity index (χ2v) is 5.60. The van der Waals surface area contributed by atoms with Crippen molar-refractivity contribution in [3.8, 4) is 11.4 Å². The molecular weight excluding hydrogens is 287 g/mol. The van der Waals surface area contributed by atoms with Crippen molar-refractivity contribution < 1.29 is 14.0 Å². The van der Waals surface area contributed by atoms with Gasteiger partial charge in [-0.1, -0.05) is 17.3 Å². The van der Waals surface area contributed by atoms with Gasteiger partial charge in [0.15, 0.2) is 0 Å². The molecule has 0 unspecified atom stereocenters. The molecule has 0 saturated carbocycles. The number of hydrogen-bond donors (Lipinski definition) is 3. The maximum Gasteiger partial charge on any atom is 0.240 e. The van der Waals surface area contributed by atoms with E-state index in [4.69, 9.17) is 4.52 Å². The van der Waals surface area contributed by atoms with Crippen molar-refractivity contribution in [3.05, 3.63) is 36.0 Å². The predicted molar refractivity (Wildman–Crippen MR) is 78.5 cm³/mol. The molecule has 0 aliphatic carbocycles. The van der Waals surface area contributed by atoms with Crippen molar-refractivity contribution >= 4 is 0 Å². The van der Waals surface area contributed by atoms with Crippen molar-refractivity contribution in [1.82, 2.24) is 20.8 Å². The van der Waals surface area contributed by atoms with Gasteiger partial charge in [-0.15, -0.1) is 0 Å². The maximum atomic E-state index is 13.7. The molecule has 3 rings (SSSR count). The molecular formula is C15H19FN4O2. The summed E-state index contributed by atoms with van der Waals surface area (Å²) in [6.45, 7) is 2.30. The summed E-state index contributed by atoms with van der Waals surface area (Å²) >= 11 is 0. The molecule has 2 aromatic rings. The number of nitrogens with one attached hydrogen (secondary N) is 2. The minimum absolute atomic E-state index is 0.230. The third-order valence-electron chi connectivity index (χ3n) is 3.76. The van der Waals surface area contributed by atoms with E-state index in [0.29, 0.717) is 31.1 Å². The van der Waals surface area contributed by atoms with Gasteiger partial charge in [0.05, 0.1) is 17.7 Å². The summed E-state index contributed by atoms with van der Waals surface area (Å²) in [4.78, 5) is 4.17. The lowest BCUT2D eigenvalue weighted by Gasteiger charge is -2.32. The Labute approximate surface area is 127 Å². The van der Waals surface area contributed by atoms with E-state index in [1.807, 2.05) is 0 Å². The number of halogens is 1. The van der Waals surface area contributed by atoms with Crippen LogP contribution < -0.4 is 10.6 Å². The topological polar surface area (TPSA) is 83.2 Å². The molecule has 1 aliphatic heterocycles. The normalized spacial score (nSPS) is 21.9. The smallest absolute Gasteiger partial charge is 0.240 e. The lowest BCUT2D eigenvalue weighted by molar-refractivity contribution is 0.0164. The molecule has 2 heterocycles.